The molecular weight excluding hydrogens is 312 g/mol. The number of hydrogen-bond acceptors (Lipinski definition) is 4. The van der Waals surface area contributed by atoms with E-state index in [4.69, 9.17) is 15.2 Å². The van der Waals surface area contributed by atoms with Gasteiger partial charge in [0.15, 0.2) is 0 Å². The Morgan fingerprint density at radius 1 is 1.28 bits per heavy atom. The molecular formula is C21H28N2O2. The van der Waals surface area contributed by atoms with E-state index in [0.717, 1.165) is 36.6 Å². The number of nitrogens with two attached hydrogens (primary N) is 1. The molecule has 134 valence electrons. The van der Waals surface area contributed by atoms with E-state index >= 15 is 0 Å². The predicted octanol–water partition coefficient (Wildman–Crippen LogP) is 3.54. The number of methoxy groups -OCH3 is 1. The summed E-state index contributed by atoms with van der Waals surface area (Å²) in [6.07, 6.45) is 1.15. The van der Waals surface area contributed by atoms with Gasteiger partial charge in [-0.2, -0.15) is 0 Å². The molecule has 0 amide bonds. The van der Waals surface area contributed by atoms with Gasteiger partial charge in [-0.15, -0.1) is 0 Å². The van der Waals surface area contributed by atoms with Crippen LogP contribution in [0, 0.1) is 0 Å². The maximum Gasteiger partial charge on any atom is 0.124 e. The molecule has 1 aliphatic heterocycles. The van der Waals surface area contributed by atoms with E-state index in [-0.39, 0.29) is 12.1 Å². The number of hydrogen-bond donors (Lipinski definition) is 1. The molecule has 25 heavy (non-hydrogen) atoms. The average molecular weight is 340 g/mol. The zero-order valence-electron chi connectivity index (χ0n) is 15.4. The number of fused-ring (bicyclic) bond motifs is 1. The molecule has 0 fully saturated rings. The molecule has 0 bridgehead atoms. The van der Waals surface area contributed by atoms with Gasteiger partial charge >= 0.3 is 0 Å². The fourth-order valence-corrected chi connectivity index (χ4v) is 3.63. The van der Waals surface area contributed by atoms with Gasteiger partial charge in [0.2, 0.25) is 0 Å². The minimum absolute atomic E-state index is 0.0879. The van der Waals surface area contributed by atoms with E-state index in [2.05, 4.69) is 55.1 Å². The molecule has 2 aromatic rings. The van der Waals surface area contributed by atoms with Crippen molar-refractivity contribution in [1.29, 1.82) is 0 Å². The standard InChI is InChI=1S/C21H28N2O2/c1-4-23(14-16-8-6-5-7-9-16)19(13-22)18-12-20-17(10-15(2)25-20)11-21(18)24-3/h5-9,11-12,15,19H,4,10,13-14,22H2,1-3H3. The lowest BCUT2D eigenvalue weighted by molar-refractivity contribution is 0.198. The highest BCUT2D eigenvalue weighted by molar-refractivity contribution is 5.50. The number of nitrogens with zero attached hydrogens (tertiary/aromatic N) is 1. The van der Waals surface area contributed by atoms with Gasteiger partial charge in [-0.3, -0.25) is 4.90 Å². The summed E-state index contributed by atoms with van der Waals surface area (Å²) in [5.74, 6) is 1.87. The van der Waals surface area contributed by atoms with Gasteiger partial charge in [-0.25, -0.2) is 0 Å². The first kappa shape index (κ1) is 17.8. The van der Waals surface area contributed by atoms with Crippen LogP contribution in [0.2, 0.25) is 0 Å². The summed E-state index contributed by atoms with van der Waals surface area (Å²) in [5.41, 5.74) is 9.80. The maximum atomic E-state index is 6.19. The molecule has 1 heterocycles. The summed E-state index contributed by atoms with van der Waals surface area (Å²) in [6.45, 7) is 6.57. The van der Waals surface area contributed by atoms with E-state index in [1.807, 2.05) is 6.07 Å². The van der Waals surface area contributed by atoms with Crippen LogP contribution in [0.5, 0.6) is 11.5 Å². The Hall–Kier alpha value is -2.04. The molecule has 4 nitrogen and oxygen atoms in total. The Labute approximate surface area is 150 Å². The zero-order chi connectivity index (χ0) is 17.8. The fraction of sp³-hybridized carbons (Fsp3) is 0.429. The third-order valence-electron chi connectivity index (χ3n) is 4.91. The molecule has 3 rings (SSSR count). The van der Waals surface area contributed by atoms with E-state index < -0.39 is 0 Å². The molecule has 1 aliphatic rings. The highest BCUT2D eigenvalue weighted by Gasteiger charge is 2.27. The van der Waals surface area contributed by atoms with Crippen LogP contribution >= 0.6 is 0 Å². The zero-order valence-corrected chi connectivity index (χ0v) is 15.4. The van der Waals surface area contributed by atoms with E-state index in [1.165, 1.54) is 11.1 Å². The first-order chi connectivity index (χ1) is 12.2. The lowest BCUT2D eigenvalue weighted by atomic mass is 9.99. The van der Waals surface area contributed by atoms with Crippen molar-refractivity contribution in [3.05, 3.63) is 59.2 Å². The molecule has 2 aromatic carbocycles. The molecule has 0 radical (unpaired) electrons. The van der Waals surface area contributed by atoms with Crippen LogP contribution in [0.4, 0.5) is 0 Å². The van der Waals surface area contributed by atoms with Gasteiger partial charge in [0.05, 0.1) is 13.2 Å². The van der Waals surface area contributed by atoms with Gasteiger partial charge < -0.3 is 15.2 Å². The van der Waals surface area contributed by atoms with Crippen molar-refractivity contribution in [2.75, 3.05) is 20.2 Å². The summed E-state index contributed by atoms with van der Waals surface area (Å²) in [4.78, 5) is 2.39. The second kappa shape index (κ2) is 7.89. The van der Waals surface area contributed by atoms with Crippen LogP contribution in [-0.2, 0) is 13.0 Å². The first-order valence-electron chi connectivity index (χ1n) is 9.01. The van der Waals surface area contributed by atoms with Crippen molar-refractivity contribution in [3.8, 4) is 11.5 Å². The van der Waals surface area contributed by atoms with Gasteiger partial charge in [-0.05, 0) is 31.2 Å². The number of likely N-dealkylation sites (N-methyl/N-ethyl adjacent to an activating group) is 1. The SMILES string of the molecule is CCN(Cc1ccccc1)C(CN)c1cc2c(cc1OC)CC(C)O2. The van der Waals surface area contributed by atoms with E-state index in [0.29, 0.717) is 6.54 Å². The fourth-order valence-electron chi connectivity index (χ4n) is 3.63. The molecule has 4 heteroatoms. The monoisotopic (exact) mass is 340 g/mol. The molecule has 2 atom stereocenters. The van der Waals surface area contributed by atoms with Crippen LogP contribution in [0.1, 0.15) is 36.6 Å². The van der Waals surface area contributed by atoms with Crippen LogP contribution in [0.25, 0.3) is 0 Å². The Morgan fingerprint density at radius 3 is 2.68 bits per heavy atom. The molecule has 0 aromatic heterocycles. The van der Waals surface area contributed by atoms with Crippen molar-refractivity contribution in [2.45, 2.75) is 39.0 Å². The van der Waals surface area contributed by atoms with Crippen molar-refractivity contribution in [2.24, 2.45) is 5.73 Å². The first-order valence-corrected chi connectivity index (χ1v) is 9.01. The summed E-state index contributed by atoms with van der Waals surface area (Å²) in [7, 11) is 1.73. The maximum absolute atomic E-state index is 6.19. The van der Waals surface area contributed by atoms with Gasteiger partial charge in [0.1, 0.15) is 17.6 Å². The molecule has 0 spiro atoms. The third-order valence-corrected chi connectivity index (χ3v) is 4.91. The second-order valence-electron chi connectivity index (χ2n) is 6.63. The Balaban J connectivity index is 1.92. The van der Waals surface area contributed by atoms with Crippen LogP contribution in [-0.4, -0.2) is 31.2 Å². The lowest BCUT2D eigenvalue weighted by Crippen LogP contribution is -2.33. The quantitative estimate of drug-likeness (QED) is 0.837. The second-order valence-corrected chi connectivity index (χ2v) is 6.63. The topological polar surface area (TPSA) is 47.7 Å². The Bertz CT molecular complexity index is 703. The van der Waals surface area contributed by atoms with Gasteiger partial charge in [0.25, 0.3) is 0 Å². The van der Waals surface area contributed by atoms with Gasteiger partial charge in [-0.1, -0.05) is 37.3 Å². The minimum Gasteiger partial charge on any atom is -0.496 e. The minimum atomic E-state index is 0.0879. The van der Waals surface area contributed by atoms with Crippen molar-refractivity contribution >= 4 is 0 Å². The summed E-state index contributed by atoms with van der Waals surface area (Å²) in [5, 5.41) is 0. The molecule has 2 N–H and O–H groups in total. The number of rotatable bonds is 7. The number of ether oxygens (including phenoxy) is 2. The van der Waals surface area contributed by atoms with Crippen molar-refractivity contribution in [3.63, 3.8) is 0 Å². The Morgan fingerprint density at radius 2 is 2.04 bits per heavy atom. The number of benzene rings is 2. The smallest absolute Gasteiger partial charge is 0.124 e. The van der Waals surface area contributed by atoms with Crippen LogP contribution < -0.4 is 15.2 Å². The molecule has 2 unspecified atom stereocenters. The van der Waals surface area contributed by atoms with Crippen molar-refractivity contribution < 1.29 is 9.47 Å². The predicted molar refractivity (Wildman–Crippen MR) is 101 cm³/mol. The lowest BCUT2D eigenvalue weighted by Gasteiger charge is -2.31. The Kier molecular flexibility index (Phi) is 5.61. The summed E-state index contributed by atoms with van der Waals surface area (Å²) in [6, 6.07) is 14.8. The highest BCUT2D eigenvalue weighted by Crippen LogP contribution is 2.39. The molecule has 0 saturated heterocycles. The normalized spacial score (nSPS) is 17.2. The van der Waals surface area contributed by atoms with E-state index in [1.54, 1.807) is 7.11 Å². The average Bonchev–Trinajstić information content (AvgIpc) is 3.00. The van der Waals surface area contributed by atoms with Gasteiger partial charge in [0, 0.05) is 30.6 Å². The summed E-state index contributed by atoms with van der Waals surface area (Å²) >= 11 is 0. The highest BCUT2D eigenvalue weighted by atomic mass is 16.5. The van der Waals surface area contributed by atoms with Crippen LogP contribution in [0.3, 0.4) is 0 Å². The molecule has 0 aliphatic carbocycles. The summed E-state index contributed by atoms with van der Waals surface area (Å²) < 4.78 is 11.7. The third kappa shape index (κ3) is 3.80. The largest absolute Gasteiger partial charge is 0.496 e. The molecule has 0 saturated carbocycles. The van der Waals surface area contributed by atoms with Crippen LogP contribution in [0.15, 0.2) is 42.5 Å². The van der Waals surface area contributed by atoms with E-state index in [9.17, 15) is 0 Å². The van der Waals surface area contributed by atoms with Crippen molar-refractivity contribution in [1.82, 2.24) is 4.90 Å².